The monoisotopic (exact) mass is 410 g/mol. The predicted molar refractivity (Wildman–Crippen MR) is 96.4 cm³/mol. The molecule has 2 rings (SSSR count). The van der Waals surface area contributed by atoms with Gasteiger partial charge >= 0.3 is 11.9 Å². The van der Waals surface area contributed by atoms with Crippen LogP contribution >= 0.6 is 28.6 Å². The van der Waals surface area contributed by atoms with Crippen LogP contribution in [-0.4, -0.2) is 27.9 Å². The molecule has 0 amide bonds. The van der Waals surface area contributed by atoms with E-state index in [1.807, 2.05) is 0 Å². The summed E-state index contributed by atoms with van der Waals surface area (Å²) in [6.07, 6.45) is 0.516. The zero-order valence-corrected chi connectivity index (χ0v) is 15.0. The Labute approximate surface area is 152 Å². The highest BCUT2D eigenvalue weighted by Gasteiger charge is 2.16. The summed E-state index contributed by atoms with van der Waals surface area (Å²) >= 11 is 7.39. The number of hydrogen-bond acceptors (Lipinski definition) is 4. The first-order chi connectivity index (χ1) is 11.4. The number of thiol groups is 1. The van der Waals surface area contributed by atoms with E-state index in [4.69, 9.17) is 9.84 Å². The van der Waals surface area contributed by atoms with Gasteiger partial charge in [0.25, 0.3) is 0 Å². The molecule has 2 aromatic rings. The fourth-order valence-corrected chi connectivity index (χ4v) is 3.07. The van der Waals surface area contributed by atoms with Crippen LogP contribution in [0.25, 0.3) is 0 Å². The maximum absolute atomic E-state index is 11.5. The number of aromatic carboxylic acids is 2. The molecule has 0 aliphatic carbocycles. The summed E-state index contributed by atoms with van der Waals surface area (Å²) in [4.78, 5) is 22.6. The van der Waals surface area contributed by atoms with E-state index in [-0.39, 0.29) is 23.5 Å². The molecule has 0 saturated carbocycles. The van der Waals surface area contributed by atoms with Gasteiger partial charge in [0.2, 0.25) is 0 Å². The van der Waals surface area contributed by atoms with E-state index in [1.165, 1.54) is 12.1 Å². The first-order valence-electron chi connectivity index (χ1n) is 7.04. The van der Waals surface area contributed by atoms with E-state index in [0.717, 1.165) is 0 Å². The SMILES string of the molecule is O=C(O)c1cc(Br)cc(COc2cccc(CCS)c2C(=O)O)c1. The maximum Gasteiger partial charge on any atom is 0.339 e. The van der Waals surface area contributed by atoms with E-state index in [1.54, 1.807) is 24.3 Å². The van der Waals surface area contributed by atoms with Crippen molar-refractivity contribution in [2.45, 2.75) is 13.0 Å². The Hall–Kier alpha value is -1.99. The summed E-state index contributed by atoms with van der Waals surface area (Å²) in [7, 11) is 0. The number of ether oxygens (including phenoxy) is 1. The van der Waals surface area contributed by atoms with Crippen LogP contribution < -0.4 is 4.74 Å². The van der Waals surface area contributed by atoms with Crippen molar-refractivity contribution in [2.24, 2.45) is 0 Å². The van der Waals surface area contributed by atoms with Gasteiger partial charge in [0.15, 0.2) is 0 Å². The minimum atomic E-state index is -1.07. The van der Waals surface area contributed by atoms with Crippen molar-refractivity contribution >= 4 is 40.5 Å². The van der Waals surface area contributed by atoms with Gasteiger partial charge in [-0.25, -0.2) is 9.59 Å². The van der Waals surface area contributed by atoms with Crippen LogP contribution in [0.15, 0.2) is 40.9 Å². The molecule has 7 heteroatoms. The third kappa shape index (κ3) is 4.52. The third-order valence-electron chi connectivity index (χ3n) is 3.31. The molecule has 24 heavy (non-hydrogen) atoms. The van der Waals surface area contributed by atoms with E-state index in [9.17, 15) is 14.7 Å². The minimum absolute atomic E-state index is 0.0598. The Bertz CT molecular complexity index is 776. The van der Waals surface area contributed by atoms with E-state index >= 15 is 0 Å². The van der Waals surface area contributed by atoms with Crippen molar-refractivity contribution in [3.63, 3.8) is 0 Å². The van der Waals surface area contributed by atoms with Gasteiger partial charge < -0.3 is 14.9 Å². The minimum Gasteiger partial charge on any atom is -0.488 e. The second-order valence-electron chi connectivity index (χ2n) is 5.01. The van der Waals surface area contributed by atoms with Crippen LogP contribution in [0.3, 0.4) is 0 Å². The number of hydrogen-bond donors (Lipinski definition) is 3. The fourth-order valence-electron chi connectivity index (χ4n) is 2.29. The second kappa shape index (κ2) is 8.21. The lowest BCUT2D eigenvalue weighted by Gasteiger charge is -2.13. The molecule has 0 spiro atoms. The molecule has 2 aromatic carbocycles. The van der Waals surface area contributed by atoms with Crippen molar-refractivity contribution in [3.05, 3.63) is 63.1 Å². The standard InChI is InChI=1S/C17H15BrO5S/c18-13-7-10(6-12(8-13)16(19)20)9-23-14-3-1-2-11(4-5-24)15(14)17(21)22/h1-3,6-8,24H,4-5,9H2,(H,19,20)(H,21,22). The lowest BCUT2D eigenvalue weighted by atomic mass is 10.0. The quantitative estimate of drug-likeness (QED) is 0.602. The average molecular weight is 411 g/mol. The van der Waals surface area contributed by atoms with Crippen molar-refractivity contribution in [3.8, 4) is 5.75 Å². The van der Waals surface area contributed by atoms with Gasteiger partial charge in [0, 0.05) is 4.47 Å². The van der Waals surface area contributed by atoms with Crippen molar-refractivity contribution < 1.29 is 24.5 Å². The molecule has 5 nitrogen and oxygen atoms in total. The van der Waals surface area contributed by atoms with Crippen molar-refractivity contribution in [1.82, 2.24) is 0 Å². The lowest BCUT2D eigenvalue weighted by molar-refractivity contribution is 0.0683. The molecule has 0 aliphatic heterocycles. The summed E-state index contributed by atoms with van der Waals surface area (Å²) in [6, 6.07) is 9.75. The summed E-state index contributed by atoms with van der Waals surface area (Å²) in [5.74, 6) is -1.34. The highest BCUT2D eigenvalue weighted by molar-refractivity contribution is 9.10. The average Bonchev–Trinajstić information content (AvgIpc) is 2.52. The van der Waals surface area contributed by atoms with Gasteiger partial charge in [-0.05, 0) is 47.6 Å². The van der Waals surface area contributed by atoms with Gasteiger partial charge in [-0.1, -0.05) is 28.1 Å². The van der Waals surface area contributed by atoms with Gasteiger partial charge in [0.1, 0.15) is 17.9 Å². The molecule has 0 aromatic heterocycles. The third-order valence-corrected chi connectivity index (χ3v) is 3.99. The number of benzene rings is 2. The summed E-state index contributed by atoms with van der Waals surface area (Å²) in [5.41, 5.74) is 1.51. The Kier molecular flexibility index (Phi) is 6.28. The topological polar surface area (TPSA) is 83.8 Å². The second-order valence-corrected chi connectivity index (χ2v) is 6.37. The van der Waals surface area contributed by atoms with Gasteiger partial charge in [0.05, 0.1) is 5.56 Å². The van der Waals surface area contributed by atoms with Gasteiger partial charge in [-0.15, -0.1) is 0 Å². The van der Waals surface area contributed by atoms with Crippen LogP contribution in [0.2, 0.25) is 0 Å². The van der Waals surface area contributed by atoms with Gasteiger partial charge in [-0.3, -0.25) is 0 Å². The Morgan fingerprint density at radius 3 is 2.50 bits per heavy atom. The van der Waals surface area contributed by atoms with Crippen molar-refractivity contribution in [1.29, 1.82) is 0 Å². The van der Waals surface area contributed by atoms with Crippen LogP contribution in [-0.2, 0) is 13.0 Å². The molecule has 126 valence electrons. The number of rotatable bonds is 7. The summed E-state index contributed by atoms with van der Waals surface area (Å²) in [6.45, 7) is 0.0598. The zero-order chi connectivity index (χ0) is 17.7. The maximum atomic E-state index is 11.5. The molecular formula is C17H15BrO5S. The smallest absolute Gasteiger partial charge is 0.339 e. The first-order valence-corrected chi connectivity index (χ1v) is 8.46. The van der Waals surface area contributed by atoms with Crippen LogP contribution in [0, 0.1) is 0 Å². The normalized spacial score (nSPS) is 10.4. The Morgan fingerprint density at radius 1 is 1.12 bits per heavy atom. The molecule has 0 saturated heterocycles. The largest absolute Gasteiger partial charge is 0.488 e. The van der Waals surface area contributed by atoms with E-state index in [2.05, 4.69) is 28.6 Å². The van der Waals surface area contributed by atoms with Crippen LogP contribution in [0.4, 0.5) is 0 Å². The molecule has 0 atom stereocenters. The Balaban J connectivity index is 2.28. The fraction of sp³-hybridized carbons (Fsp3) is 0.176. The first kappa shape index (κ1) is 18.4. The molecule has 0 radical (unpaired) electrons. The number of carbonyl (C=O) groups is 2. The van der Waals surface area contributed by atoms with Crippen LogP contribution in [0.1, 0.15) is 31.8 Å². The molecule has 0 aliphatic rings. The van der Waals surface area contributed by atoms with Gasteiger partial charge in [-0.2, -0.15) is 12.6 Å². The van der Waals surface area contributed by atoms with E-state index in [0.29, 0.717) is 27.8 Å². The molecule has 2 N–H and O–H groups in total. The van der Waals surface area contributed by atoms with Crippen molar-refractivity contribution in [2.75, 3.05) is 5.75 Å². The molecule has 0 bridgehead atoms. The number of carboxylic acid groups (broad SMARTS) is 2. The zero-order valence-electron chi connectivity index (χ0n) is 12.5. The molecule has 0 unspecified atom stereocenters. The highest BCUT2D eigenvalue weighted by Crippen LogP contribution is 2.25. The summed E-state index contributed by atoms with van der Waals surface area (Å²) < 4.78 is 6.26. The number of halogens is 1. The predicted octanol–water partition coefficient (Wildman–Crippen LogP) is 3.90. The lowest BCUT2D eigenvalue weighted by Crippen LogP contribution is -2.08. The summed E-state index contributed by atoms with van der Waals surface area (Å²) in [5, 5.41) is 18.5. The Morgan fingerprint density at radius 2 is 1.88 bits per heavy atom. The highest BCUT2D eigenvalue weighted by atomic mass is 79.9. The molecule has 0 heterocycles. The molecular weight excluding hydrogens is 396 g/mol. The van der Waals surface area contributed by atoms with Crippen LogP contribution in [0.5, 0.6) is 5.75 Å². The number of aryl methyl sites for hydroxylation is 1. The molecule has 0 fully saturated rings. The van der Waals surface area contributed by atoms with E-state index < -0.39 is 11.9 Å². The number of carboxylic acids is 2.